The van der Waals surface area contributed by atoms with Gasteiger partial charge in [0.1, 0.15) is 0 Å². The van der Waals surface area contributed by atoms with E-state index in [-0.39, 0.29) is 6.03 Å². The number of carbonyl (C=O) groups excluding carboxylic acids is 1. The smallest absolute Gasteiger partial charge is 0.319 e. The van der Waals surface area contributed by atoms with Crippen LogP contribution >= 0.6 is 0 Å². The van der Waals surface area contributed by atoms with Gasteiger partial charge in [-0.3, -0.25) is 0 Å². The Labute approximate surface area is 78.9 Å². The van der Waals surface area contributed by atoms with Crippen LogP contribution in [0.4, 0.5) is 4.79 Å². The molecule has 74 valence electrons. The van der Waals surface area contributed by atoms with Crippen molar-refractivity contribution < 1.29 is 4.79 Å². The van der Waals surface area contributed by atoms with Crippen LogP contribution in [0.25, 0.3) is 0 Å². The first-order chi connectivity index (χ1) is 6.27. The van der Waals surface area contributed by atoms with Crippen molar-refractivity contribution in [3.8, 4) is 0 Å². The van der Waals surface area contributed by atoms with Crippen molar-refractivity contribution in [2.24, 2.45) is 5.92 Å². The van der Waals surface area contributed by atoms with Gasteiger partial charge in [-0.1, -0.05) is 0 Å². The van der Waals surface area contributed by atoms with E-state index in [0.717, 1.165) is 32.7 Å². The number of likely N-dealkylation sites (N-methyl/N-ethyl adjacent to an activating group) is 1. The summed E-state index contributed by atoms with van der Waals surface area (Å²) in [5.74, 6) is 0.676. The van der Waals surface area contributed by atoms with Crippen molar-refractivity contribution in [2.45, 2.75) is 6.42 Å². The van der Waals surface area contributed by atoms with E-state index in [1.165, 1.54) is 6.42 Å². The lowest BCUT2D eigenvalue weighted by Gasteiger charge is -2.19. The van der Waals surface area contributed by atoms with Crippen molar-refractivity contribution >= 4 is 6.03 Å². The third-order valence-corrected chi connectivity index (χ3v) is 2.94. The zero-order valence-electron chi connectivity index (χ0n) is 8.12. The maximum absolute atomic E-state index is 11.5. The summed E-state index contributed by atoms with van der Waals surface area (Å²) in [6.07, 6.45) is 1.22. The normalized spacial score (nSPS) is 29.0. The van der Waals surface area contributed by atoms with Crippen molar-refractivity contribution in [1.29, 1.82) is 0 Å². The molecule has 4 nitrogen and oxygen atoms in total. The molecule has 1 atom stereocenters. The highest BCUT2D eigenvalue weighted by atomic mass is 16.2. The second-order valence-electron chi connectivity index (χ2n) is 4.01. The first-order valence-electron chi connectivity index (χ1n) is 4.98. The molecule has 0 saturated carbocycles. The summed E-state index contributed by atoms with van der Waals surface area (Å²) in [5, 5.41) is 3.32. The zero-order chi connectivity index (χ0) is 9.26. The SMILES string of the molecule is CN1CCN(CC2CCNC2)C1=O. The number of hydrogen-bond donors (Lipinski definition) is 1. The van der Waals surface area contributed by atoms with E-state index < -0.39 is 0 Å². The highest BCUT2D eigenvalue weighted by Crippen LogP contribution is 2.13. The van der Waals surface area contributed by atoms with Crippen LogP contribution in [-0.4, -0.2) is 55.6 Å². The molecule has 13 heavy (non-hydrogen) atoms. The zero-order valence-corrected chi connectivity index (χ0v) is 8.12. The summed E-state index contributed by atoms with van der Waals surface area (Å²) in [6.45, 7) is 4.93. The van der Waals surface area contributed by atoms with Gasteiger partial charge in [0.05, 0.1) is 0 Å². The van der Waals surface area contributed by atoms with Gasteiger partial charge >= 0.3 is 6.03 Å². The summed E-state index contributed by atoms with van der Waals surface area (Å²) in [5.41, 5.74) is 0. The van der Waals surface area contributed by atoms with Crippen LogP contribution < -0.4 is 5.32 Å². The Morgan fingerprint density at radius 3 is 2.92 bits per heavy atom. The topological polar surface area (TPSA) is 35.6 Å². The first kappa shape index (κ1) is 8.81. The standard InChI is InChI=1S/C9H17N3O/c1-11-4-5-12(9(11)13)7-8-2-3-10-6-8/h8,10H,2-7H2,1H3. The van der Waals surface area contributed by atoms with Crippen LogP contribution in [0.5, 0.6) is 0 Å². The number of nitrogens with zero attached hydrogens (tertiary/aromatic N) is 2. The summed E-state index contributed by atoms with van der Waals surface area (Å²) in [6, 6.07) is 0.201. The molecule has 0 aromatic rings. The largest absolute Gasteiger partial charge is 0.326 e. The van der Waals surface area contributed by atoms with Gasteiger partial charge in [-0.25, -0.2) is 4.79 Å². The molecule has 0 spiro atoms. The summed E-state index contributed by atoms with van der Waals surface area (Å²) >= 11 is 0. The monoisotopic (exact) mass is 183 g/mol. The van der Waals surface area contributed by atoms with Crippen molar-refractivity contribution in [3.05, 3.63) is 0 Å². The van der Waals surface area contributed by atoms with E-state index in [9.17, 15) is 4.79 Å². The average molecular weight is 183 g/mol. The van der Waals surface area contributed by atoms with E-state index >= 15 is 0 Å². The molecule has 2 rings (SSSR count). The third kappa shape index (κ3) is 1.77. The van der Waals surface area contributed by atoms with E-state index in [1.807, 2.05) is 11.9 Å². The molecule has 2 fully saturated rings. The molecule has 2 saturated heterocycles. The Morgan fingerprint density at radius 2 is 2.38 bits per heavy atom. The summed E-state index contributed by atoms with van der Waals surface area (Å²) in [4.78, 5) is 15.3. The van der Waals surface area contributed by atoms with Gasteiger partial charge in [0.2, 0.25) is 0 Å². The molecule has 0 aliphatic carbocycles. The second-order valence-corrected chi connectivity index (χ2v) is 4.01. The predicted molar refractivity (Wildman–Crippen MR) is 50.6 cm³/mol. The van der Waals surface area contributed by atoms with Crippen molar-refractivity contribution in [3.63, 3.8) is 0 Å². The maximum atomic E-state index is 11.5. The number of rotatable bonds is 2. The number of amides is 2. The first-order valence-corrected chi connectivity index (χ1v) is 4.98. The maximum Gasteiger partial charge on any atom is 0.319 e. The van der Waals surface area contributed by atoms with Gasteiger partial charge in [-0.15, -0.1) is 0 Å². The quantitative estimate of drug-likeness (QED) is 0.652. The van der Waals surface area contributed by atoms with Crippen LogP contribution in [0, 0.1) is 5.92 Å². The van der Waals surface area contributed by atoms with Gasteiger partial charge in [-0.2, -0.15) is 0 Å². The fraction of sp³-hybridized carbons (Fsp3) is 0.889. The molecule has 2 amide bonds. The molecule has 0 aromatic heterocycles. The minimum Gasteiger partial charge on any atom is -0.326 e. The van der Waals surface area contributed by atoms with Crippen LogP contribution in [0.3, 0.4) is 0 Å². The van der Waals surface area contributed by atoms with E-state index in [0.29, 0.717) is 5.92 Å². The molecule has 2 aliphatic rings. The van der Waals surface area contributed by atoms with E-state index in [4.69, 9.17) is 0 Å². The van der Waals surface area contributed by atoms with Gasteiger partial charge in [-0.05, 0) is 25.4 Å². The Morgan fingerprint density at radius 1 is 1.54 bits per heavy atom. The Bertz CT molecular complexity index is 201. The van der Waals surface area contributed by atoms with Gasteiger partial charge in [0, 0.05) is 26.7 Å². The fourth-order valence-corrected chi connectivity index (χ4v) is 2.05. The molecule has 1 N–H and O–H groups in total. The summed E-state index contributed by atoms with van der Waals surface area (Å²) < 4.78 is 0. The van der Waals surface area contributed by atoms with Gasteiger partial charge in [0.25, 0.3) is 0 Å². The molecular weight excluding hydrogens is 166 g/mol. The Balaban J connectivity index is 1.84. The Hall–Kier alpha value is -0.770. The van der Waals surface area contributed by atoms with Crippen LogP contribution in [0.1, 0.15) is 6.42 Å². The molecular formula is C9H17N3O. The number of nitrogens with one attached hydrogen (secondary N) is 1. The lowest BCUT2D eigenvalue weighted by molar-refractivity contribution is 0.193. The third-order valence-electron chi connectivity index (χ3n) is 2.94. The lowest BCUT2D eigenvalue weighted by atomic mass is 10.1. The van der Waals surface area contributed by atoms with Crippen molar-refractivity contribution in [2.75, 3.05) is 39.8 Å². The van der Waals surface area contributed by atoms with E-state index in [1.54, 1.807) is 4.90 Å². The summed E-state index contributed by atoms with van der Waals surface area (Å²) in [7, 11) is 1.87. The highest BCUT2D eigenvalue weighted by Gasteiger charge is 2.28. The van der Waals surface area contributed by atoms with Crippen LogP contribution in [-0.2, 0) is 0 Å². The minimum atomic E-state index is 0.201. The van der Waals surface area contributed by atoms with Crippen LogP contribution in [0.2, 0.25) is 0 Å². The van der Waals surface area contributed by atoms with Gasteiger partial charge < -0.3 is 15.1 Å². The minimum absolute atomic E-state index is 0.201. The van der Waals surface area contributed by atoms with Crippen LogP contribution in [0.15, 0.2) is 0 Å². The number of urea groups is 1. The van der Waals surface area contributed by atoms with Gasteiger partial charge in [0.15, 0.2) is 0 Å². The molecule has 0 bridgehead atoms. The molecule has 0 aromatic carbocycles. The second kappa shape index (κ2) is 3.54. The number of hydrogen-bond acceptors (Lipinski definition) is 2. The van der Waals surface area contributed by atoms with Crippen molar-refractivity contribution in [1.82, 2.24) is 15.1 Å². The molecule has 2 aliphatic heterocycles. The number of carbonyl (C=O) groups is 1. The Kier molecular flexibility index (Phi) is 2.40. The molecule has 0 radical (unpaired) electrons. The van der Waals surface area contributed by atoms with E-state index in [2.05, 4.69) is 5.32 Å². The predicted octanol–water partition coefficient (Wildman–Crippen LogP) is -0.0367. The molecule has 2 heterocycles. The molecule has 4 heteroatoms. The molecule has 1 unspecified atom stereocenters. The highest BCUT2D eigenvalue weighted by molar-refractivity contribution is 5.76. The fourth-order valence-electron chi connectivity index (χ4n) is 2.05. The lowest BCUT2D eigenvalue weighted by Crippen LogP contribution is -2.34. The average Bonchev–Trinajstić information content (AvgIpc) is 2.71.